The Morgan fingerprint density at radius 2 is 1.96 bits per heavy atom. The summed E-state index contributed by atoms with van der Waals surface area (Å²) in [5.41, 5.74) is 2.26. The number of hydrogen-bond donors (Lipinski definition) is 3. The van der Waals surface area contributed by atoms with Gasteiger partial charge >= 0.3 is 0 Å². The lowest BCUT2D eigenvalue weighted by atomic mass is 10.0. The number of hydrogen-bond acceptors (Lipinski definition) is 4. The molecule has 3 atom stereocenters. The average molecular weight is 341 g/mol. The fourth-order valence-corrected chi connectivity index (χ4v) is 2.88. The van der Waals surface area contributed by atoms with Crippen molar-refractivity contribution < 1.29 is 9.59 Å². The second kappa shape index (κ2) is 6.68. The van der Waals surface area contributed by atoms with Crippen molar-refractivity contribution in [3.05, 3.63) is 47.2 Å². The zero-order valence-corrected chi connectivity index (χ0v) is 14.8. The van der Waals surface area contributed by atoms with Crippen LogP contribution in [0.2, 0.25) is 0 Å². The van der Waals surface area contributed by atoms with Gasteiger partial charge < -0.3 is 10.6 Å². The number of rotatable bonds is 3. The first-order chi connectivity index (χ1) is 11.9. The number of nitrogens with zero attached hydrogens (tertiary/aromatic N) is 2. The first kappa shape index (κ1) is 17.2. The van der Waals surface area contributed by atoms with Gasteiger partial charge in [-0.1, -0.05) is 25.1 Å². The molecule has 3 unspecified atom stereocenters. The van der Waals surface area contributed by atoms with E-state index in [1.165, 1.54) is 0 Å². The molecular weight excluding hydrogens is 318 g/mol. The molecule has 0 radical (unpaired) electrons. The first-order valence-corrected chi connectivity index (χ1v) is 8.36. The first-order valence-electron chi connectivity index (χ1n) is 8.36. The van der Waals surface area contributed by atoms with Gasteiger partial charge in [-0.15, -0.1) is 0 Å². The fourth-order valence-electron chi connectivity index (χ4n) is 2.88. The standard InChI is InChI=1S/C18H23N5O2/c1-10-7-5-6-8-14(10)17(25)20-15-9-11(2)22-23(15)18-19-13(4)12(3)16(24)21-18/h5-9,12-13,18-19H,1-4H3,(H,20,25)(H,21,24). The molecule has 2 amide bonds. The predicted octanol–water partition coefficient (Wildman–Crippen LogP) is 1.95. The van der Waals surface area contributed by atoms with Gasteiger partial charge in [-0.05, 0) is 32.4 Å². The summed E-state index contributed by atoms with van der Waals surface area (Å²) in [6.45, 7) is 7.57. The minimum Gasteiger partial charge on any atom is -0.322 e. The van der Waals surface area contributed by atoms with Gasteiger partial charge in [0.25, 0.3) is 5.91 Å². The number of carbonyl (C=O) groups excluding carboxylic acids is 2. The summed E-state index contributed by atoms with van der Waals surface area (Å²) in [5, 5.41) is 13.5. The van der Waals surface area contributed by atoms with Crippen molar-refractivity contribution in [3.63, 3.8) is 0 Å². The van der Waals surface area contributed by atoms with Crippen LogP contribution >= 0.6 is 0 Å². The topological polar surface area (TPSA) is 88.0 Å². The molecule has 1 aliphatic heterocycles. The minimum absolute atomic E-state index is 0.00294. The van der Waals surface area contributed by atoms with E-state index in [0.717, 1.165) is 11.3 Å². The van der Waals surface area contributed by atoms with Crippen LogP contribution in [-0.4, -0.2) is 27.6 Å². The Labute approximate surface area is 146 Å². The minimum atomic E-state index is -0.500. The highest BCUT2D eigenvalue weighted by Crippen LogP contribution is 2.20. The van der Waals surface area contributed by atoms with E-state index >= 15 is 0 Å². The van der Waals surface area contributed by atoms with Gasteiger partial charge in [0, 0.05) is 17.7 Å². The van der Waals surface area contributed by atoms with Crippen LogP contribution in [0.1, 0.15) is 41.8 Å². The normalized spacial score (nSPS) is 23.2. The zero-order valence-electron chi connectivity index (χ0n) is 14.8. The molecule has 7 heteroatoms. The molecule has 1 aromatic heterocycles. The Hall–Kier alpha value is -2.67. The second-order valence-electron chi connectivity index (χ2n) is 6.54. The van der Waals surface area contributed by atoms with Gasteiger partial charge in [0.2, 0.25) is 5.91 Å². The van der Waals surface area contributed by atoms with E-state index in [0.29, 0.717) is 11.4 Å². The second-order valence-corrected chi connectivity index (χ2v) is 6.54. The molecule has 2 heterocycles. The Bertz CT molecular complexity index is 814. The van der Waals surface area contributed by atoms with Crippen molar-refractivity contribution in [1.29, 1.82) is 0 Å². The Kier molecular flexibility index (Phi) is 4.59. The van der Waals surface area contributed by atoms with Crippen LogP contribution in [-0.2, 0) is 4.79 Å². The van der Waals surface area contributed by atoms with E-state index < -0.39 is 6.29 Å². The smallest absolute Gasteiger partial charge is 0.257 e. The predicted molar refractivity (Wildman–Crippen MR) is 95.0 cm³/mol. The highest BCUT2D eigenvalue weighted by molar-refractivity contribution is 6.04. The number of benzene rings is 1. The van der Waals surface area contributed by atoms with Crippen LogP contribution in [0.25, 0.3) is 0 Å². The molecule has 25 heavy (non-hydrogen) atoms. The van der Waals surface area contributed by atoms with Gasteiger partial charge in [0.15, 0.2) is 6.29 Å². The fraction of sp³-hybridized carbons (Fsp3) is 0.389. The summed E-state index contributed by atoms with van der Waals surface area (Å²) in [4.78, 5) is 24.7. The van der Waals surface area contributed by atoms with E-state index in [-0.39, 0.29) is 23.8 Å². The van der Waals surface area contributed by atoms with Crippen molar-refractivity contribution >= 4 is 17.6 Å². The van der Waals surface area contributed by atoms with Gasteiger partial charge in [-0.25, -0.2) is 4.68 Å². The summed E-state index contributed by atoms with van der Waals surface area (Å²) < 4.78 is 1.60. The van der Waals surface area contributed by atoms with E-state index in [1.54, 1.807) is 16.8 Å². The number of aromatic nitrogens is 2. The molecular formula is C18H23N5O2. The maximum absolute atomic E-state index is 12.6. The molecule has 2 aromatic rings. The molecule has 132 valence electrons. The monoisotopic (exact) mass is 341 g/mol. The average Bonchev–Trinajstić information content (AvgIpc) is 2.93. The highest BCUT2D eigenvalue weighted by Gasteiger charge is 2.32. The molecule has 1 aromatic carbocycles. The van der Waals surface area contributed by atoms with Crippen molar-refractivity contribution in [1.82, 2.24) is 20.4 Å². The Balaban J connectivity index is 1.85. The molecule has 0 aliphatic carbocycles. The number of aryl methyl sites for hydroxylation is 2. The van der Waals surface area contributed by atoms with Crippen LogP contribution in [0.15, 0.2) is 30.3 Å². The summed E-state index contributed by atoms with van der Waals surface area (Å²) in [5.74, 6) is 0.159. The van der Waals surface area contributed by atoms with Crippen LogP contribution in [0.4, 0.5) is 5.82 Å². The summed E-state index contributed by atoms with van der Waals surface area (Å²) >= 11 is 0. The molecule has 0 bridgehead atoms. The largest absolute Gasteiger partial charge is 0.322 e. The Morgan fingerprint density at radius 3 is 2.64 bits per heavy atom. The third-order valence-electron chi connectivity index (χ3n) is 4.60. The lowest BCUT2D eigenvalue weighted by molar-refractivity contribution is -0.130. The molecule has 0 saturated carbocycles. The highest BCUT2D eigenvalue weighted by atomic mass is 16.2. The maximum Gasteiger partial charge on any atom is 0.257 e. The lowest BCUT2D eigenvalue weighted by Crippen LogP contribution is -2.57. The van der Waals surface area contributed by atoms with Crippen molar-refractivity contribution in [2.45, 2.75) is 40.0 Å². The van der Waals surface area contributed by atoms with Gasteiger partial charge in [-0.2, -0.15) is 5.10 Å². The SMILES string of the molecule is Cc1cc(NC(=O)c2ccccc2C)n(C2NC(=O)C(C)C(C)N2)n1. The number of amides is 2. The van der Waals surface area contributed by atoms with Crippen LogP contribution < -0.4 is 16.0 Å². The van der Waals surface area contributed by atoms with Gasteiger partial charge in [-0.3, -0.25) is 14.9 Å². The zero-order chi connectivity index (χ0) is 18.1. The third-order valence-corrected chi connectivity index (χ3v) is 4.60. The van der Waals surface area contributed by atoms with Crippen molar-refractivity contribution in [2.24, 2.45) is 5.92 Å². The number of anilines is 1. The van der Waals surface area contributed by atoms with Gasteiger partial charge in [0.05, 0.1) is 11.6 Å². The van der Waals surface area contributed by atoms with E-state index in [1.807, 2.05) is 45.9 Å². The summed E-state index contributed by atoms with van der Waals surface area (Å²) in [6.07, 6.45) is -0.500. The molecule has 0 spiro atoms. The quantitative estimate of drug-likeness (QED) is 0.796. The van der Waals surface area contributed by atoms with E-state index in [4.69, 9.17) is 0 Å². The molecule has 1 saturated heterocycles. The van der Waals surface area contributed by atoms with Crippen LogP contribution in [0, 0.1) is 19.8 Å². The molecule has 3 N–H and O–H groups in total. The molecule has 1 fully saturated rings. The molecule has 1 aliphatic rings. The van der Waals surface area contributed by atoms with E-state index in [2.05, 4.69) is 21.0 Å². The Morgan fingerprint density at radius 1 is 1.24 bits per heavy atom. The maximum atomic E-state index is 12.6. The third kappa shape index (κ3) is 3.41. The summed E-state index contributed by atoms with van der Waals surface area (Å²) in [7, 11) is 0. The van der Waals surface area contributed by atoms with Gasteiger partial charge in [0.1, 0.15) is 5.82 Å². The van der Waals surface area contributed by atoms with Crippen LogP contribution in [0.5, 0.6) is 0 Å². The van der Waals surface area contributed by atoms with Crippen molar-refractivity contribution in [3.8, 4) is 0 Å². The molecule has 3 rings (SSSR count). The van der Waals surface area contributed by atoms with Crippen LogP contribution in [0.3, 0.4) is 0 Å². The number of nitrogens with one attached hydrogen (secondary N) is 3. The lowest BCUT2D eigenvalue weighted by Gasteiger charge is -2.34. The van der Waals surface area contributed by atoms with E-state index in [9.17, 15) is 9.59 Å². The molecule has 7 nitrogen and oxygen atoms in total. The number of carbonyl (C=O) groups is 2. The summed E-state index contributed by atoms with van der Waals surface area (Å²) in [6, 6.07) is 9.18. The van der Waals surface area contributed by atoms with Crippen molar-refractivity contribution in [2.75, 3.05) is 5.32 Å².